The van der Waals surface area contributed by atoms with Crippen LogP contribution in [0.1, 0.15) is 29.4 Å². The smallest absolute Gasteiger partial charge is 0.122 e. The first kappa shape index (κ1) is 13.3. The van der Waals surface area contributed by atoms with Crippen LogP contribution in [0.5, 0.6) is 0 Å². The molecular weight excluding hydrogens is 248 g/mol. The van der Waals surface area contributed by atoms with Gasteiger partial charge in [-0.3, -0.25) is 4.90 Å². The van der Waals surface area contributed by atoms with Crippen LogP contribution < -0.4 is 5.73 Å². The largest absolute Gasteiger partial charge is 0.337 e. The van der Waals surface area contributed by atoms with E-state index in [1.165, 1.54) is 11.1 Å². The summed E-state index contributed by atoms with van der Waals surface area (Å²) >= 11 is 0. The van der Waals surface area contributed by atoms with E-state index in [4.69, 9.17) is 5.73 Å². The topological polar surface area (TPSA) is 47.1 Å². The van der Waals surface area contributed by atoms with E-state index in [1.54, 1.807) is 0 Å². The molecule has 0 saturated carbocycles. The molecule has 2 N–H and O–H groups in total. The maximum atomic E-state index is 6.49. The van der Waals surface area contributed by atoms with Crippen LogP contribution in [0.4, 0.5) is 0 Å². The normalized spacial score (nSPS) is 22.0. The SMILES string of the molecule is CN(Cc1nccn1C)C1CCc2ccccc2C1N. The fourth-order valence-corrected chi connectivity index (χ4v) is 3.16. The molecule has 4 nitrogen and oxygen atoms in total. The molecule has 2 unspecified atom stereocenters. The molecule has 0 radical (unpaired) electrons. The molecule has 0 bridgehead atoms. The Bertz CT molecular complexity index is 590. The van der Waals surface area contributed by atoms with Gasteiger partial charge in [-0.15, -0.1) is 0 Å². The molecule has 0 amide bonds. The van der Waals surface area contributed by atoms with Crippen molar-refractivity contribution in [1.29, 1.82) is 0 Å². The standard InChI is InChI=1S/C16H22N4/c1-19-10-9-18-15(19)11-20(2)14-8-7-12-5-3-4-6-13(12)16(14)17/h3-6,9-10,14,16H,7-8,11,17H2,1-2H3. The maximum Gasteiger partial charge on any atom is 0.122 e. The first-order chi connectivity index (χ1) is 9.66. The van der Waals surface area contributed by atoms with E-state index in [9.17, 15) is 0 Å². The Morgan fingerprint density at radius 1 is 1.40 bits per heavy atom. The first-order valence-electron chi connectivity index (χ1n) is 7.16. The molecule has 1 aromatic heterocycles. The Labute approximate surface area is 120 Å². The summed E-state index contributed by atoms with van der Waals surface area (Å²) in [6.07, 6.45) is 6.05. The maximum absolute atomic E-state index is 6.49. The summed E-state index contributed by atoms with van der Waals surface area (Å²) in [7, 11) is 4.18. The molecule has 20 heavy (non-hydrogen) atoms. The predicted molar refractivity (Wildman–Crippen MR) is 80.2 cm³/mol. The summed E-state index contributed by atoms with van der Waals surface area (Å²) in [4.78, 5) is 6.74. The lowest BCUT2D eigenvalue weighted by Crippen LogP contribution is -2.43. The van der Waals surface area contributed by atoms with Gasteiger partial charge in [0.1, 0.15) is 5.82 Å². The molecule has 106 valence electrons. The lowest BCUT2D eigenvalue weighted by atomic mass is 9.84. The highest BCUT2D eigenvalue weighted by molar-refractivity contribution is 5.33. The van der Waals surface area contributed by atoms with Gasteiger partial charge in [0.25, 0.3) is 0 Å². The van der Waals surface area contributed by atoms with Crippen LogP contribution in [-0.4, -0.2) is 27.5 Å². The van der Waals surface area contributed by atoms with Crippen molar-refractivity contribution < 1.29 is 0 Å². The summed E-state index contributed by atoms with van der Waals surface area (Å²) in [6, 6.07) is 9.01. The summed E-state index contributed by atoms with van der Waals surface area (Å²) in [5.41, 5.74) is 9.20. The average Bonchev–Trinajstić information content (AvgIpc) is 2.85. The van der Waals surface area contributed by atoms with Gasteiger partial charge in [-0.2, -0.15) is 0 Å². The summed E-state index contributed by atoms with van der Waals surface area (Å²) in [5, 5.41) is 0. The molecule has 1 aliphatic rings. The Morgan fingerprint density at radius 2 is 2.20 bits per heavy atom. The molecular formula is C16H22N4. The number of nitrogens with zero attached hydrogens (tertiary/aromatic N) is 3. The monoisotopic (exact) mass is 270 g/mol. The molecule has 4 heteroatoms. The molecule has 2 atom stereocenters. The average molecular weight is 270 g/mol. The minimum absolute atomic E-state index is 0.0882. The fraction of sp³-hybridized carbons (Fsp3) is 0.438. The van der Waals surface area contributed by atoms with Crippen LogP contribution in [0.2, 0.25) is 0 Å². The second kappa shape index (κ2) is 5.38. The molecule has 0 saturated heterocycles. The third-order valence-corrected chi connectivity index (χ3v) is 4.42. The van der Waals surface area contributed by atoms with Crippen molar-refractivity contribution in [2.75, 3.05) is 7.05 Å². The Hall–Kier alpha value is -1.65. The van der Waals surface area contributed by atoms with E-state index in [2.05, 4.69) is 45.8 Å². The van der Waals surface area contributed by atoms with Crippen LogP contribution >= 0.6 is 0 Å². The molecule has 1 heterocycles. The number of aryl methyl sites for hydroxylation is 2. The number of imidazole rings is 1. The number of fused-ring (bicyclic) bond motifs is 1. The van der Waals surface area contributed by atoms with Crippen LogP contribution in [0.15, 0.2) is 36.7 Å². The van der Waals surface area contributed by atoms with Gasteiger partial charge in [0.2, 0.25) is 0 Å². The van der Waals surface area contributed by atoms with Gasteiger partial charge >= 0.3 is 0 Å². The Morgan fingerprint density at radius 3 is 2.95 bits per heavy atom. The van der Waals surface area contributed by atoms with Crippen molar-refractivity contribution in [2.24, 2.45) is 12.8 Å². The minimum atomic E-state index is 0.0882. The van der Waals surface area contributed by atoms with Crippen LogP contribution in [0.25, 0.3) is 0 Å². The highest BCUT2D eigenvalue weighted by atomic mass is 15.2. The van der Waals surface area contributed by atoms with E-state index in [-0.39, 0.29) is 6.04 Å². The van der Waals surface area contributed by atoms with Gasteiger partial charge in [-0.25, -0.2) is 4.98 Å². The number of aromatic nitrogens is 2. The van der Waals surface area contributed by atoms with Gasteiger partial charge in [0, 0.05) is 31.5 Å². The molecule has 1 aliphatic carbocycles. The van der Waals surface area contributed by atoms with Gasteiger partial charge in [0.05, 0.1) is 6.54 Å². The lowest BCUT2D eigenvalue weighted by Gasteiger charge is -2.37. The Balaban J connectivity index is 1.77. The van der Waals surface area contributed by atoms with E-state index in [0.29, 0.717) is 6.04 Å². The lowest BCUT2D eigenvalue weighted by molar-refractivity contribution is 0.179. The van der Waals surface area contributed by atoms with Crippen molar-refractivity contribution >= 4 is 0 Å². The van der Waals surface area contributed by atoms with Crippen molar-refractivity contribution in [1.82, 2.24) is 14.5 Å². The van der Waals surface area contributed by atoms with E-state index >= 15 is 0 Å². The van der Waals surface area contributed by atoms with Gasteiger partial charge in [-0.05, 0) is 31.0 Å². The van der Waals surface area contributed by atoms with E-state index < -0.39 is 0 Å². The van der Waals surface area contributed by atoms with Gasteiger partial charge in [-0.1, -0.05) is 24.3 Å². The zero-order valence-corrected chi connectivity index (χ0v) is 12.2. The van der Waals surface area contributed by atoms with Crippen molar-refractivity contribution in [2.45, 2.75) is 31.5 Å². The minimum Gasteiger partial charge on any atom is -0.337 e. The first-order valence-corrected chi connectivity index (χ1v) is 7.16. The number of hydrogen-bond acceptors (Lipinski definition) is 3. The molecule has 3 rings (SSSR count). The van der Waals surface area contributed by atoms with Gasteiger partial charge < -0.3 is 10.3 Å². The van der Waals surface area contributed by atoms with Gasteiger partial charge in [0.15, 0.2) is 0 Å². The third-order valence-electron chi connectivity index (χ3n) is 4.42. The molecule has 2 aromatic rings. The van der Waals surface area contributed by atoms with E-state index in [1.807, 2.05) is 19.4 Å². The number of benzene rings is 1. The zero-order chi connectivity index (χ0) is 14.1. The highest BCUT2D eigenvalue weighted by Crippen LogP contribution is 2.31. The second-order valence-electron chi connectivity index (χ2n) is 5.70. The number of hydrogen-bond donors (Lipinski definition) is 1. The zero-order valence-electron chi connectivity index (χ0n) is 12.2. The van der Waals surface area contributed by atoms with Crippen molar-refractivity contribution in [3.8, 4) is 0 Å². The van der Waals surface area contributed by atoms with Crippen LogP contribution in [-0.2, 0) is 20.0 Å². The molecule has 0 fully saturated rings. The molecule has 1 aromatic carbocycles. The predicted octanol–water partition coefficient (Wildman–Crippen LogP) is 1.87. The molecule has 0 aliphatic heterocycles. The second-order valence-corrected chi connectivity index (χ2v) is 5.70. The van der Waals surface area contributed by atoms with Crippen LogP contribution in [0, 0.1) is 0 Å². The number of rotatable bonds is 3. The quantitative estimate of drug-likeness (QED) is 0.926. The summed E-state index contributed by atoms with van der Waals surface area (Å²) in [6.45, 7) is 0.837. The summed E-state index contributed by atoms with van der Waals surface area (Å²) < 4.78 is 2.07. The fourth-order valence-electron chi connectivity index (χ4n) is 3.16. The number of likely N-dealkylation sites (N-methyl/N-ethyl adjacent to an activating group) is 1. The van der Waals surface area contributed by atoms with Crippen LogP contribution in [0.3, 0.4) is 0 Å². The third kappa shape index (κ3) is 2.37. The Kier molecular flexibility index (Phi) is 3.59. The summed E-state index contributed by atoms with van der Waals surface area (Å²) in [5.74, 6) is 1.08. The van der Waals surface area contributed by atoms with E-state index in [0.717, 1.165) is 25.2 Å². The van der Waals surface area contributed by atoms with Crippen molar-refractivity contribution in [3.05, 3.63) is 53.6 Å². The highest BCUT2D eigenvalue weighted by Gasteiger charge is 2.29. The number of nitrogens with two attached hydrogens (primary N) is 1. The molecule has 0 spiro atoms. The van der Waals surface area contributed by atoms with Crippen molar-refractivity contribution in [3.63, 3.8) is 0 Å².